The van der Waals surface area contributed by atoms with E-state index in [9.17, 15) is 4.79 Å². The predicted molar refractivity (Wildman–Crippen MR) is 71.6 cm³/mol. The van der Waals surface area contributed by atoms with Crippen LogP contribution in [0.5, 0.6) is 0 Å². The second kappa shape index (κ2) is 4.24. The quantitative estimate of drug-likeness (QED) is 0.855. The van der Waals surface area contributed by atoms with E-state index in [2.05, 4.69) is 22.8 Å². The summed E-state index contributed by atoms with van der Waals surface area (Å²) >= 11 is 5.18. The molecule has 1 aliphatic rings. The van der Waals surface area contributed by atoms with Crippen LogP contribution >= 0.6 is 34.4 Å². The number of hydrogen-bond donors (Lipinski definition) is 1. The maximum Gasteiger partial charge on any atom is 0.234 e. The highest BCUT2D eigenvalue weighted by Crippen LogP contribution is 2.45. The summed E-state index contributed by atoms with van der Waals surface area (Å²) < 4.78 is 0. The smallest absolute Gasteiger partial charge is 0.234 e. The van der Waals surface area contributed by atoms with Crippen molar-refractivity contribution in [2.45, 2.75) is 5.25 Å². The van der Waals surface area contributed by atoms with Crippen LogP contribution in [0.3, 0.4) is 0 Å². The Morgan fingerprint density at radius 2 is 2.19 bits per heavy atom. The predicted octanol–water partition coefficient (Wildman–Crippen LogP) is 3.58. The Bertz CT molecular complexity index is 503. The number of anilines is 1. The number of thioether (sulfide) groups is 1. The second-order valence-electron chi connectivity index (χ2n) is 3.45. The summed E-state index contributed by atoms with van der Waals surface area (Å²) in [6.07, 6.45) is 0. The van der Waals surface area contributed by atoms with Crippen molar-refractivity contribution in [2.24, 2.45) is 0 Å². The van der Waals surface area contributed by atoms with Gasteiger partial charge in [-0.2, -0.15) is 0 Å². The van der Waals surface area contributed by atoms with Gasteiger partial charge >= 0.3 is 0 Å². The normalized spacial score (nSPS) is 20.0. The molecule has 3 heterocycles. The lowest BCUT2D eigenvalue weighted by Crippen LogP contribution is -2.11. The van der Waals surface area contributed by atoms with E-state index < -0.39 is 0 Å². The summed E-state index contributed by atoms with van der Waals surface area (Å²) in [4.78, 5) is 14.1. The van der Waals surface area contributed by atoms with Gasteiger partial charge in [0.2, 0.25) is 5.91 Å². The van der Waals surface area contributed by atoms with Gasteiger partial charge in [0.05, 0.1) is 16.7 Å². The van der Waals surface area contributed by atoms with E-state index in [1.54, 1.807) is 34.4 Å². The third-order valence-electron chi connectivity index (χ3n) is 2.39. The Labute approximate surface area is 106 Å². The largest absolute Gasteiger partial charge is 0.324 e. The zero-order valence-corrected chi connectivity index (χ0v) is 10.8. The van der Waals surface area contributed by atoms with Crippen LogP contribution in [0.15, 0.2) is 29.0 Å². The van der Waals surface area contributed by atoms with Crippen LogP contribution in [0.25, 0.3) is 0 Å². The number of rotatable bonds is 1. The fourth-order valence-electron chi connectivity index (χ4n) is 1.70. The molecule has 0 saturated heterocycles. The van der Waals surface area contributed by atoms with Crippen molar-refractivity contribution in [3.05, 3.63) is 38.7 Å². The van der Waals surface area contributed by atoms with Gasteiger partial charge in [-0.15, -0.1) is 34.4 Å². The van der Waals surface area contributed by atoms with Crippen LogP contribution in [0, 0.1) is 0 Å². The molecule has 0 fully saturated rings. The van der Waals surface area contributed by atoms with Gasteiger partial charge in [0, 0.05) is 9.75 Å². The minimum Gasteiger partial charge on any atom is -0.324 e. The van der Waals surface area contributed by atoms with Gasteiger partial charge in [0.1, 0.15) is 0 Å². The average Bonchev–Trinajstić information content (AvgIpc) is 2.89. The molecule has 0 spiro atoms. The van der Waals surface area contributed by atoms with Gasteiger partial charge in [-0.1, -0.05) is 6.07 Å². The van der Waals surface area contributed by atoms with Gasteiger partial charge in [-0.25, -0.2) is 0 Å². The van der Waals surface area contributed by atoms with Crippen molar-refractivity contribution in [2.75, 3.05) is 11.1 Å². The van der Waals surface area contributed by atoms with Crippen molar-refractivity contribution in [1.82, 2.24) is 0 Å². The third kappa shape index (κ3) is 1.79. The summed E-state index contributed by atoms with van der Waals surface area (Å²) in [5, 5.41) is 7.39. The van der Waals surface area contributed by atoms with Crippen LogP contribution < -0.4 is 5.32 Å². The molecule has 2 nitrogen and oxygen atoms in total. The van der Waals surface area contributed by atoms with E-state index in [4.69, 9.17) is 0 Å². The summed E-state index contributed by atoms with van der Waals surface area (Å²) in [7, 11) is 0. The summed E-state index contributed by atoms with van der Waals surface area (Å²) in [6.45, 7) is 0. The number of hydrogen-bond acceptors (Lipinski definition) is 4. The van der Waals surface area contributed by atoms with E-state index in [0.717, 1.165) is 5.69 Å². The highest BCUT2D eigenvalue weighted by Gasteiger charge is 2.25. The highest BCUT2D eigenvalue weighted by atomic mass is 32.2. The lowest BCUT2D eigenvalue weighted by molar-refractivity contribution is -0.113. The molecule has 16 heavy (non-hydrogen) atoms. The zero-order chi connectivity index (χ0) is 11.0. The molecule has 0 saturated carbocycles. The maximum absolute atomic E-state index is 11.5. The number of nitrogens with one attached hydrogen (secondary N) is 1. The topological polar surface area (TPSA) is 29.1 Å². The van der Waals surface area contributed by atoms with Crippen LogP contribution in [0.1, 0.15) is 15.0 Å². The van der Waals surface area contributed by atoms with Crippen molar-refractivity contribution in [3.63, 3.8) is 0 Å². The molecule has 0 aliphatic carbocycles. The Kier molecular flexibility index (Phi) is 2.75. The van der Waals surface area contributed by atoms with Crippen molar-refractivity contribution in [3.8, 4) is 0 Å². The molecule has 3 rings (SSSR count). The molecule has 82 valence electrons. The van der Waals surface area contributed by atoms with E-state index in [-0.39, 0.29) is 5.91 Å². The molecule has 0 bridgehead atoms. The first kappa shape index (κ1) is 10.4. The van der Waals surface area contributed by atoms with Crippen LogP contribution in [0.2, 0.25) is 0 Å². The Morgan fingerprint density at radius 1 is 1.25 bits per heavy atom. The Hall–Kier alpha value is -0.780. The SMILES string of the molecule is O=C1CSC(c2cccs2)c2sccc2N1. The van der Waals surface area contributed by atoms with Gasteiger partial charge < -0.3 is 5.32 Å². The number of fused-ring (bicyclic) bond motifs is 1. The first-order valence-corrected chi connectivity index (χ1v) is 7.67. The second-order valence-corrected chi connectivity index (χ2v) is 6.47. The van der Waals surface area contributed by atoms with Crippen molar-refractivity contribution in [1.29, 1.82) is 0 Å². The minimum absolute atomic E-state index is 0.101. The fourth-order valence-corrected chi connectivity index (χ4v) is 4.99. The number of amides is 1. The fraction of sp³-hybridized carbons (Fsp3) is 0.182. The van der Waals surface area contributed by atoms with E-state index in [1.165, 1.54) is 9.75 Å². The molecule has 1 amide bonds. The minimum atomic E-state index is 0.101. The van der Waals surface area contributed by atoms with Crippen LogP contribution in [-0.4, -0.2) is 11.7 Å². The van der Waals surface area contributed by atoms with Gasteiger partial charge in [0.15, 0.2) is 0 Å². The molecule has 1 aliphatic heterocycles. The van der Waals surface area contributed by atoms with Gasteiger partial charge in [-0.3, -0.25) is 4.79 Å². The summed E-state index contributed by atoms with van der Waals surface area (Å²) in [6, 6.07) is 6.19. The van der Waals surface area contributed by atoms with E-state index >= 15 is 0 Å². The highest BCUT2D eigenvalue weighted by molar-refractivity contribution is 8.00. The molecule has 5 heteroatoms. The molecule has 1 N–H and O–H groups in total. The maximum atomic E-state index is 11.5. The lowest BCUT2D eigenvalue weighted by Gasteiger charge is -2.10. The molecular weight excluding hydrogens is 258 g/mol. The Balaban J connectivity index is 2.05. The molecule has 1 atom stereocenters. The molecule has 0 aromatic carbocycles. The monoisotopic (exact) mass is 267 g/mol. The van der Waals surface area contributed by atoms with Crippen molar-refractivity contribution < 1.29 is 4.79 Å². The lowest BCUT2D eigenvalue weighted by atomic mass is 10.2. The van der Waals surface area contributed by atoms with Gasteiger partial charge in [0.25, 0.3) is 0 Å². The number of carbonyl (C=O) groups excluding carboxylic acids is 1. The number of thiophene rings is 2. The molecule has 0 radical (unpaired) electrons. The standard InChI is InChI=1S/C11H9NOS3/c13-9-6-16-11(8-2-1-4-14-8)10-7(12-9)3-5-15-10/h1-5,11H,6H2,(H,12,13). The molecule has 2 aromatic rings. The van der Waals surface area contributed by atoms with Crippen LogP contribution in [0.4, 0.5) is 5.69 Å². The number of carbonyl (C=O) groups is 1. The zero-order valence-electron chi connectivity index (χ0n) is 8.30. The summed E-state index contributed by atoms with van der Waals surface area (Å²) in [5.41, 5.74) is 0.985. The molecular formula is C11H9NOS3. The molecule has 2 aromatic heterocycles. The summed E-state index contributed by atoms with van der Waals surface area (Å²) in [5.74, 6) is 0.632. The average molecular weight is 267 g/mol. The van der Waals surface area contributed by atoms with E-state index in [1.807, 2.05) is 11.4 Å². The molecule has 1 unspecified atom stereocenters. The third-order valence-corrected chi connectivity index (χ3v) is 5.86. The first-order valence-electron chi connectivity index (χ1n) is 4.87. The first-order chi connectivity index (χ1) is 7.84. The Morgan fingerprint density at radius 3 is 3.00 bits per heavy atom. The van der Waals surface area contributed by atoms with Gasteiger partial charge in [-0.05, 0) is 22.9 Å². The van der Waals surface area contributed by atoms with E-state index in [0.29, 0.717) is 11.0 Å². The van der Waals surface area contributed by atoms with Crippen LogP contribution in [-0.2, 0) is 4.79 Å². The van der Waals surface area contributed by atoms with Crippen molar-refractivity contribution >= 4 is 46.0 Å².